The van der Waals surface area contributed by atoms with Crippen LogP contribution < -0.4 is 5.32 Å². The Morgan fingerprint density at radius 3 is 2.79 bits per heavy atom. The number of ether oxygens (including phenoxy) is 1. The van der Waals surface area contributed by atoms with Crippen molar-refractivity contribution in [3.8, 4) is 0 Å². The maximum atomic E-state index is 11.8. The van der Waals surface area contributed by atoms with Crippen LogP contribution in [0, 0.1) is 5.92 Å². The van der Waals surface area contributed by atoms with Crippen LogP contribution in [-0.4, -0.2) is 48.4 Å². The summed E-state index contributed by atoms with van der Waals surface area (Å²) in [4.78, 5) is 36.2. The van der Waals surface area contributed by atoms with Gasteiger partial charge in [0, 0.05) is 25.4 Å². The molecule has 3 amide bonds. The molecule has 7 heteroatoms. The monoisotopic (exact) mass is 290 g/mol. The average Bonchev–Trinajstić information content (AvgIpc) is 2.39. The second-order valence-electron chi connectivity index (χ2n) is 4.33. The molecule has 0 radical (unpaired) electrons. The summed E-state index contributed by atoms with van der Waals surface area (Å²) in [7, 11) is 0. The van der Waals surface area contributed by atoms with Gasteiger partial charge in [0.1, 0.15) is 0 Å². The molecule has 1 heterocycles. The molecule has 0 saturated carbocycles. The van der Waals surface area contributed by atoms with Crippen LogP contribution in [-0.2, 0) is 14.3 Å². The predicted octanol–water partition coefficient (Wildman–Crippen LogP) is 1.13. The van der Waals surface area contributed by atoms with Gasteiger partial charge in [-0.2, -0.15) is 0 Å². The number of esters is 1. The maximum absolute atomic E-state index is 11.8. The Bertz CT molecular complexity index is 349. The molecule has 0 aromatic rings. The highest BCUT2D eigenvalue weighted by molar-refractivity contribution is 6.19. The van der Waals surface area contributed by atoms with Gasteiger partial charge < -0.3 is 9.64 Å². The molecule has 0 aromatic carbocycles. The summed E-state index contributed by atoms with van der Waals surface area (Å²) in [5, 5.41) is 2.25. The third-order valence-electron chi connectivity index (χ3n) is 2.90. The number of carbonyl (C=O) groups excluding carboxylic acids is 3. The van der Waals surface area contributed by atoms with E-state index in [0.717, 1.165) is 6.42 Å². The standard InChI is InChI=1S/C12H19ClN2O4/c1-2-19-11(17)9-4-3-7-15(8-9)12(18)14-10(16)5-6-13/h9H,2-8H2,1H3,(H,14,16,18). The number of hydrogen-bond acceptors (Lipinski definition) is 4. The molecule has 0 spiro atoms. The van der Waals surface area contributed by atoms with Crippen molar-refractivity contribution in [3.63, 3.8) is 0 Å². The van der Waals surface area contributed by atoms with Crippen molar-refractivity contribution in [1.29, 1.82) is 0 Å². The second-order valence-corrected chi connectivity index (χ2v) is 4.71. The molecule has 1 unspecified atom stereocenters. The Morgan fingerprint density at radius 1 is 1.42 bits per heavy atom. The van der Waals surface area contributed by atoms with Crippen LogP contribution in [0.1, 0.15) is 26.2 Å². The van der Waals surface area contributed by atoms with Gasteiger partial charge in [0.05, 0.1) is 12.5 Å². The first-order chi connectivity index (χ1) is 9.08. The van der Waals surface area contributed by atoms with E-state index in [2.05, 4.69) is 5.32 Å². The highest BCUT2D eigenvalue weighted by Gasteiger charge is 2.29. The fraction of sp³-hybridized carbons (Fsp3) is 0.750. The van der Waals surface area contributed by atoms with Gasteiger partial charge >= 0.3 is 12.0 Å². The second kappa shape index (κ2) is 7.99. The number of amides is 3. The van der Waals surface area contributed by atoms with E-state index in [4.69, 9.17) is 16.3 Å². The molecule has 19 heavy (non-hydrogen) atoms. The lowest BCUT2D eigenvalue weighted by atomic mass is 9.98. The molecule has 1 N–H and O–H groups in total. The van der Waals surface area contributed by atoms with E-state index in [1.807, 2.05) is 0 Å². The maximum Gasteiger partial charge on any atom is 0.324 e. The molecule has 1 atom stereocenters. The van der Waals surface area contributed by atoms with Crippen LogP contribution in [0.25, 0.3) is 0 Å². The Kier molecular flexibility index (Phi) is 6.62. The van der Waals surface area contributed by atoms with Gasteiger partial charge in [0.15, 0.2) is 0 Å². The minimum Gasteiger partial charge on any atom is -0.466 e. The van der Waals surface area contributed by atoms with E-state index in [-0.39, 0.29) is 24.2 Å². The molecule has 0 aliphatic carbocycles. The van der Waals surface area contributed by atoms with Gasteiger partial charge in [-0.25, -0.2) is 4.79 Å². The molecule has 1 aliphatic rings. The Hall–Kier alpha value is -1.30. The molecular weight excluding hydrogens is 272 g/mol. The van der Waals surface area contributed by atoms with Gasteiger partial charge in [-0.3, -0.25) is 14.9 Å². The van der Waals surface area contributed by atoms with Crippen molar-refractivity contribution >= 4 is 29.5 Å². The molecule has 1 aliphatic heterocycles. The van der Waals surface area contributed by atoms with Crippen LogP contribution in [0.4, 0.5) is 4.79 Å². The van der Waals surface area contributed by atoms with Crippen molar-refractivity contribution in [2.45, 2.75) is 26.2 Å². The van der Waals surface area contributed by atoms with E-state index in [1.54, 1.807) is 6.92 Å². The topological polar surface area (TPSA) is 75.7 Å². The summed E-state index contributed by atoms with van der Waals surface area (Å²) >= 11 is 5.42. The molecule has 1 rings (SSSR count). The fourth-order valence-electron chi connectivity index (χ4n) is 1.96. The highest BCUT2D eigenvalue weighted by Crippen LogP contribution is 2.17. The number of rotatable bonds is 4. The number of imide groups is 1. The van der Waals surface area contributed by atoms with Gasteiger partial charge in [-0.05, 0) is 19.8 Å². The molecule has 1 saturated heterocycles. The zero-order chi connectivity index (χ0) is 14.3. The van der Waals surface area contributed by atoms with Gasteiger partial charge in [-0.15, -0.1) is 11.6 Å². The smallest absolute Gasteiger partial charge is 0.324 e. The normalized spacial score (nSPS) is 18.8. The van der Waals surface area contributed by atoms with Gasteiger partial charge in [0.25, 0.3) is 0 Å². The summed E-state index contributed by atoms with van der Waals surface area (Å²) in [6.07, 6.45) is 1.53. The van der Waals surface area contributed by atoms with E-state index >= 15 is 0 Å². The first-order valence-electron chi connectivity index (χ1n) is 6.39. The van der Waals surface area contributed by atoms with Gasteiger partial charge in [0.2, 0.25) is 5.91 Å². The Labute approximate surface area is 117 Å². The fourth-order valence-corrected chi connectivity index (χ4v) is 2.13. The number of carbonyl (C=O) groups is 3. The number of nitrogens with one attached hydrogen (secondary N) is 1. The van der Waals surface area contributed by atoms with Crippen molar-refractivity contribution in [3.05, 3.63) is 0 Å². The number of alkyl halides is 1. The zero-order valence-corrected chi connectivity index (χ0v) is 11.7. The summed E-state index contributed by atoms with van der Waals surface area (Å²) in [6.45, 7) is 2.90. The minimum absolute atomic E-state index is 0.0996. The molecule has 1 fully saturated rings. The average molecular weight is 291 g/mol. The quantitative estimate of drug-likeness (QED) is 0.622. The lowest BCUT2D eigenvalue weighted by Gasteiger charge is -2.31. The minimum atomic E-state index is -0.468. The Morgan fingerprint density at radius 2 is 2.16 bits per heavy atom. The van der Waals surface area contributed by atoms with Crippen LogP contribution in [0.3, 0.4) is 0 Å². The Balaban J connectivity index is 2.47. The van der Waals surface area contributed by atoms with Crippen molar-refractivity contribution in [2.75, 3.05) is 25.6 Å². The van der Waals surface area contributed by atoms with Crippen LogP contribution in [0.15, 0.2) is 0 Å². The summed E-state index contributed by atoms with van der Waals surface area (Å²) in [6, 6.07) is -0.468. The third-order valence-corrected chi connectivity index (χ3v) is 3.09. The first kappa shape index (κ1) is 15.8. The van der Waals surface area contributed by atoms with E-state index in [0.29, 0.717) is 26.1 Å². The van der Waals surface area contributed by atoms with Crippen LogP contribution in [0.5, 0.6) is 0 Å². The number of halogens is 1. The number of piperidine rings is 1. The SMILES string of the molecule is CCOC(=O)C1CCCN(C(=O)NC(=O)CCCl)C1. The number of hydrogen-bond donors (Lipinski definition) is 1. The lowest BCUT2D eigenvalue weighted by Crippen LogP contribution is -2.48. The zero-order valence-electron chi connectivity index (χ0n) is 11.0. The third kappa shape index (κ3) is 5.06. The van der Waals surface area contributed by atoms with Crippen LogP contribution in [0.2, 0.25) is 0 Å². The highest BCUT2D eigenvalue weighted by atomic mass is 35.5. The van der Waals surface area contributed by atoms with E-state index in [1.165, 1.54) is 4.90 Å². The summed E-state index contributed by atoms with van der Waals surface area (Å²) < 4.78 is 4.95. The van der Waals surface area contributed by atoms with Gasteiger partial charge in [-0.1, -0.05) is 0 Å². The molecule has 0 bridgehead atoms. The lowest BCUT2D eigenvalue weighted by molar-refractivity contribution is -0.149. The molecular formula is C12H19ClN2O4. The number of urea groups is 1. The van der Waals surface area contributed by atoms with E-state index < -0.39 is 11.9 Å². The molecule has 6 nitrogen and oxygen atoms in total. The van der Waals surface area contributed by atoms with Crippen molar-refractivity contribution in [2.24, 2.45) is 5.92 Å². The van der Waals surface area contributed by atoms with Crippen molar-refractivity contribution < 1.29 is 19.1 Å². The first-order valence-corrected chi connectivity index (χ1v) is 6.93. The largest absolute Gasteiger partial charge is 0.466 e. The molecule has 108 valence electrons. The van der Waals surface area contributed by atoms with Crippen LogP contribution >= 0.6 is 11.6 Å². The van der Waals surface area contributed by atoms with Crippen molar-refractivity contribution in [1.82, 2.24) is 10.2 Å². The predicted molar refractivity (Wildman–Crippen MR) is 69.8 cm³/mol. The number of likely N-dealkylation sites (tertiary alicyclic amines) is 1. The van der Waals surface area contributed by atoms with E-state index in [9.17, 15) is 14.4 Å². The number of nitrogens with zero attached hydrogens (tertiary/aromatic N) is 1. The molecule has 0 aromatic heterocycles. The summed E-state index contributed by atoms with van der Waals surface area (Å²) in [5.74, 6) is -0.821. The summed E-state index contributed by atoms with van der Waals surface area (Å²) in [5.41, 5.74) is 0.